The molecule has 0 aliphatic carbocycles. The Morgan fingerprint density at radius 3 is 2.59 bits per heavy atom. The number of hydrogen-bond donors (Lipinski definition) is 2. The second kappa shape index (κ2) is 9.22. The largest absolute Gasteiger partial charge is 0.491 e. The Morgan fingerprint density at radius 2 is 1.97 bits per heavy atom. The van der Waals surface area contributed by atoms with Gasteiger partial charge in [0.25, 0.3) is 11.8 Å². The fraction of sp³-hybridized carbons (Fsp3) is 0.333. The van der Waals surface area contributed by atoms with Crippen LogP contribution in [0.1, 0.15) is 35.8 Å². The highest BCUT2D eigenvalue weighted by Gasteiger charge is 2.29. The average Bonchev–Trinajstić information content (AvgIpc) is 2.65. The molecule has 1 atom stereocenters. The van der Waals surface area contributed by atoms with Crippen molar-refractivity contribution in [1.82, 2.24) is 15.3 Å². The van der Waals surface area contributed by atoms with Crippen LogP contribution in [0.15, 0.2) is 30.6 Å². The standard InChI is InChI=1S/C18H19F3N4O4/c1-10(24-16(27)12-4-5-22-15(7-12)25-11(2)26)13-6-14(28-3)17(23-8-13)29-9-18(19,20)21/h4-8,10H,9H2,1-3H3,(H,24,27)(H,22,25,26). The first-order valence-electron chi connectivity index (χ1n) is 8.37. The topological polar surface area (TPSA) is 102 Å². The third-order valence-corrected chi connectivity index (χ3v) is 3.61. The fourth-order valence-corrected chi connectivity index (χ4v) is 2.27. The number of nitrogens with one attached hydrogen (secondary N) is 2. The summed E-state index contributed by atoms with van der Waals surface area (Å²) < 4.78 is 46.6. The number of carbonyl (C=O) groups is 2. The molecule has 0 saturated carbocycles. The smallest absolute Gasteiger partial charge is 0.422 e. The molecule has 0 fully saturated rings. The lowest BCUT2D eigenvalue weighted by Gasteiger charge is -2.17. The first-order chi connectivity index (χ1) is 13.6. The summed E-state index contributed by atoms with van der Waals surface area (Å²) in [6.45, 7) is 1.49. The highest BCUT2D eigenvalue weighted by Crippen LogP contribution is 2.29. The van der Waals surface area contributed by atoms with Crippen molar-refractivity contribution in [2.75, 3.05) is 19.0 Å². The molecular formula is C18H19F3N4O4. The molecule has 2 aromatic heterocycles. The summed E-state index contributed by atoms with van der Waals surface area (Å²) in [4.78, 5) is 31.3. The number of ether oxygens (including phenoxy) is 2. The maximum atomic E-state index is 12.4. The van der Waals surface area contributed by atoms with Crippen molar-refractivity contribution < 1.29 is 32.2 Å². The Balaban J connectivity index is 2.11. The van der Waals surface area contributed by atoms with Gasteiger partial charge in [0.15, 0.2) is 12.4 Å². The minimum atomic E-state index is -4.51. The molecule has 1 unspecified atom stereocenters. The molecule has 2 aromatic rings. The predicted molar refractivity (Wildman–Crippen MR) is 96.8 cm³/mol. The lowest BCUT2D eigenvalue weighted by atomic mass is 10.1. The van der Waals surface area contributed by atoms with E-state index in [0.717, 1.165) is 0 Å². The van der Waals surface area contributed by atoms with Crippen molar-refractivity contribution in [2.24, 2.45) is 0 Å². The molecule has 156 valence electrons. The number of halogens is 3. The third-order valence-electron chi connectivity index (χ3n) is 3.61. The Kier molecular flexibility index (Phi) is 6.97. The van der Waals surface area contributed by atoms with E-state index in [1.807, 2.05) is 0 Å². The molecule has 29 heavy (non-hydrogen) atoms. The number of amides is 2. The van der Waals surface area contributed by atoms with E-state index in [1.165, 1.54) is 44.6 Å². The Hall–Kier alpha value is -3.37. The zero-order valence-electron chi connectivity index (χ0n) is 15.8. The van der Waals surface area contributed by atoms with Crippen molar-refractivity contribution in [3.05, 3.63) is 41.7 Å². The van der Waals surface area contributed by atoms with Gasteiger partial charge >= 0.3 is 6.18 Å². The van der Waals surface area contributed by atoms with Gasteiger partial charge in [0.1, 0.15) is 5.82 Å². The summed E-state index contributed by atoms with van der Waals surface area (Å²) in [7, 11) is 1.27. The molecule has 0 radical (unpaired) electrons. The molecule has 2 rings (SSSR count). The average molecular weight is 412 g/mol. The summed E-state index contributed by atoms with van der Waals surface area (Å²) >= 11 is 0. The zero-order chi connectivity index (χ0) is 21.6. The van der Waals surface area contributed by atoms with Crippen molar-refractivity contribution >= 4 is 17.6 Å². The number of nitrogens with zero attached hydrogens (tertiary/aromatic N) is 2. The number of rotatable bonds is 7. The quantitative estimate of drug-likeness (QED) is 0.725. The number of pyridine rings is 2. The second-order valence-corrected chi connectivity index (χ2v) is 5.99. The number of hydrogen-bond acceptors (Lipinski definition) is 6. The summed E-state index contributed by atoms with van der Waals surface area (Å²) in [5, 5.41) is 5.20. The lowest BCUT2D eigenvalue weighted by molar-refractivity contribution is -0.154. The molecule has 0 saturated heterocycles. The number of aromatic nitrogens is 2. The van der Waals surface area contributed by atoms with Gasteiger partial charge in [-0.2, -0.15) is 13.2 Å². The van der Waals surface area contributed by atoms with Gasteiger partial charge in [-0.05, 0) is 30.7 Å². The van der Waals surface area contributed by atoms with Crippen LogP contribution in [0.25, 0.3) is 0 Å². The normalized spacial score (nSPS) is 12.1. The van der Waals surface area contributed by atoms with Crippen molar-refractivity contribution in [1.29, 1.82) is 0 Å². The predicted octanol–water partition coefficient (Wildman–Crippen LogP) is 2.88. The van der Waals surface area contributed by atoms with Crippen LogP contribution < -0.4 is 20.1 Å². The molecule has 0 aromatic carbocycles. The molecule has 0 aliphatic heterocycles. The Labute approximate surface area is 164 Å². The van der Waals surface area contributed by atoms with Gasteiger partial charge in [0.05, 0.1) is 13.2 Å². The highest BCUT2D eigenvalue weighted by molar-refractivity contribution is 5.96. The summed E-state index contributed by atoms with van der Waals surface area (Å²) in [6.07, 6.45) is -1.84. The highest BCUT2D eigenvalue weighted by atomic mass is 19.4. The molecule has 11 heteroatoms. The maximum absolute atomic E-state index is 12.4. The van der Waals surface area contributed by atoms with Gasteiger partial charge in [-0.1, -0.05) is 0 Å². The van der Waals surface area contributed by atoms with Crippen molar-refractivity contribution in [2.45, 2.75) is 26.1 Å². The van der Waals surface area contributed by atoms with E-state index in [4.69, 9.17) is 4.74 Å². The molecular weight excluding hydrogens is 393 g/mol. The molecule has 8 nitrogen and oxygen atoms in total. The van der Waals surface area contributed by atoms with Gasteiger partial charge < -0.3 is 20.1 Å². The van der Waals surface area contributed by atoms with Crippen LogP contribution in [0, 0.1) is 0 Å². The van der Waals surface area contributed by atoms with Gasteiger partial charge in [-0.25, -0.2) is 9.97 Å². The first kappa shape index (κ1) is 21.9. The molecule has 2 heterocycles. The number of alkyl halides is 3. The SMILES string of the molecule is COc1cc(C(C)NC(=O)c2ccnc(NC(C)=O)c2)cnc1OCC(F)(F)F. The molecule has 0 aliphatic rings. The molecule has 0 spiro atoms. The third kappa shape index (κ3) is 6.63. The van der Waals surface area contributed by atoms with E-state index in [1.54, 1.807) is 6.92 Å². The number of anilines is 1. The lowest BCUT2D eigenvalue weighted by Crippen LogP contribution is -2.27. The molecule has 2 N–H and O–H groups in total. The summed E-state index contributed by atoms with van der Waals surface area (Å²) in [5.41, 5.74) is 0.756. The molecule has 0 bridgehead atoms. The van der Waals surface area contributed by atoms with E-state index in [9.17, 15) is 22.8 Å². The van der Waals surface area contributed by atoms with E-state index in [0.29, 0.717) is 5.56 Å². The monoisotopic (exact) mass is 412 g/mol. The number of methoxy groups -OCH3 is 1. The van der Waals surface area contributed by atoms with Gasteiger partial charge in [0, 0.05) is 24.9 Å². The zero-order valence-corrected chi connectivity index (χ0v) is 15.8. The maximum Gasteiger partial charge on any atom is 0.422 e. The van der Waals surface area contributed by atoms with E-state index >= 15 is 0 Å². The first-order valence-corrected chi connectivity index (χ1v) is 8.37. The van der Waals surface area contributed by atoms with E-state index in [-0.39, 0.29) is 28.9 Å². The molecule has 2 amide bonds. The second-order valence-electron chi connectivity index (χ2n) is 5.99. The van der Waals surface area contributed by atoms with Crippen LogP contribution >= 0.6 is 0 Å². The summed E-state index contributed by atoms with van der Waals surface area (Å²) in [6, 6.07) is 3.77. The fourth-order valence-electron chi connectivity index (χ4n) is 2.27. The van der Waals surface area contributed by atoms with Crippen LogP contribution in [0.3, 0.4) is 0 Å². The minimum Gasteiger partial charge on any atom is -0.491 e. The van der Waals surface area contributed by atoms with Crippen LogP contribution in [-0.4, -0.2) is 41.7 Å². The van der Waals surface area contributed by atoms with Crippen molar-refractivity contribution in [3.8, 4) is 11.6 Å². The van der Waals surface area contributed by atoms with Gasteiger partial charge in [0.2, 0.25) is 5.91 Å². The number of carbonyl (C=O) groups excluding carboxylic acids is 2. The van der Waals surface area contributed by atoms with Crippen LogP contribution in [0.5, 0.6) is 11.6 Å². The minimum absolute atomic E-state index is 0.00436. The van der Waals surface area contributed by atoms with E-state index < -0.39 is 24.7 Å². The Morgan fingerprint density at radius 1 is 1.24 bits per heavy atom. The van der Waals surface area contributed by atoms with Gasteiger partial charge in [-0.3, -0.25) is 9.59 Å². The summed E-state index contributed by atoms with van der Waals surface area (Å²) in [5.74, 6) is -0.838. The van der Waals surface area contributed by atoms with E-state index in [2.05, 4.69) is 25.3 Å². The van der Waals surface area contributed by atoms with Crippen LogP contribution in [0.2, 0.25) is 0 Å². The van der Waals surface area contributed by atoms with Crippen LogP contribution in [0.4, 0.5) is 19.0 Å². The Bertz CT molecular complexity index is 890. The van der Waals surface area contributed by atoms with Crippen molar-refractivity contribution in [3.63, 3.8) is 0 Å². The van der Waals surface area contributed by atoms with Crippen LogP contribution in [-0.2, 0) is 4.79 Å². The van der Waals surface area contributed by atoms with Gasteiger partial charge in [-0.15, -0.1) is 0 Å².